The molecule has 0 radical (unpaired) electrons. The van der Waals surface area contributed by atoms with Crippen LogP contribution in [-0.4, -0.2) is 18.3 Å². The van der Waals surface area contributed by atoms with Crippen molar-refractivity contribution in [3.63, 3.8) is 0 Å². The van der Waals surface area contributed by atoms with Crippen LogP contribution in [0.3, 0.4) is 0 Å². The maximum atomic E-state index is 6.10. The van der Waals surface area contributed by atoms with Gasteiger partial charge >= 0.3 is 7.12 Å². The molecule has 3 heteroatoms. The van der Waals surface area contributed by atoms with E-state index < -0.39 is 0 Å². The molecular weight excluding hydrogens is 211 g/mol. The Morgan fingerprint density at radius 2 is 1.59 bits per heavy atom. The second-order valence-corrected chi connectivity index (χ2v) is 5.91. The standard InChI is InChI=1S/C14H23BO2/c1-6-11-9-7-8-10-12(11)15-16-13(2,3)14(4,5)17-15/h9-10H,6-8H2,1-5H3. The largest absolute Gasteiger partial charge is 0.494 e. The minimum Gasteiger partial charge on any atom is -0.399 e. The summed E-state index contributed by atoms with van der Waals surface area (Å²) in [5.74, 6) is 0. The molecule has 0 aromatic heterocycles. The molecule has 17 heavy (non-hydrogen) atoms. The van der Waals surface area contributed by atoms with Crippen molar-refractivity contribution in [3.05, 3.63) is 23.2 Å². The highest BCUT2D eigenvalue weighted by atomic mass is 16.7. The first-order valence-electron chi connectivity index (χ1n) is 6.62. The molecule has 1 heterocycles. The van der Waals surface area contributed by atoms with Gasteiger partial charge < -0.3 is 9.31 Å². The van der Waals surface area contributed by atoms with Gasteiger partial charge in [-0.2, -0.15) is 0 Å². The summed E-state index contributed by atoms with van der Waals surface area (Å²) < 4.78 is 12.2. The van der Waals surface area contributed by atoms with Gasteiger partial charge in [0.05, 0.1) is 11.2 Å². The van der Waals surface area contributed by atoms with E-state index in [2.05, 4.69) is 46.8 Å². The summed E-state index contributed by atoms with van der Waals surface area (Å²) in [6, 6.07) is 0. The summed E-state index contributed by atoms with van der Waals surface area (Å²) in [5.41, 5.74) is 2.15. The van der Waals surface area contributed by atoms with E-state index in [1.54, 1.807) is 0 Å². The molecule has 2 nitrogen and oxygen atoms in total. The third-order valence-electron chi connectivity index (χ3n) is 4.18. The lowest BCUT2D eigenvalue weighted by atomic mass is 9.70. The van der Waals surface area contributed by atoms with Crippen LogP contribution in [0, 0.1) is 0 Å². The summed E-state index contributed by atoms with van der Waals surface area (Å²) >= 11 is 0. The Labute approximate surface area is 105 Å². The number of allylic oxidation sites excluding steroid dienone is 4. The molecule has 1 aliphatic heterocycles. The molecule has 1 aliphatic carbocycles. The molecule has 0 N–H and O–H groups in total. The van der Waals surface area contributed by atoms with Crippen LogP contribution in [0.4, 0.5) is 0 Å². The fourth-order valence-corrected chi connectivity index (χ4v) is 2.31. The van der Waals surface area contributed by atoms with E-state index in [1.165, 1.54) is 11.0 Å². The normalized spacial score (nSPS) is 26.8. The second kappa shape index (κ2) is 4.29. The predicted molar refractivity (Wildman–Crippen MR) is 71.8 cm³/mol. The summed E-state index contributed by atoms with van der Waals surface area (Å²) in [7, 11) is -0.188. The minimum absolute atomic E-state index is 0.188. The molecule has 0 saturated carbocycles. The highest BCUT2D eigenvalue weighted by molar-refractivity contribution is 6.56. The first-order chi connectivity index (χ1) is 7.87. The van der Waals surface area contributed by atoms with Crippen molar-refractivity contribution in [1.82, 2.24) is 0 Å². The summed E-state index contributed by atoms with van der Waals surface area (Å²) in [5, 5.41) is 0. The Hall–Kier alpha value is -0.535. The maximum Gasteiger partial charge on any atom is 0.494 e. The number of rotatable bonds is 2. The molecule has 94 valence electrons. The van der Waals surface area contributed by atoms with Crippen molar-refractivity contribution < 1.29 is 9.31 Å². The van der Waals surface area contributed by atoms with Crippen LogP contribution in [0.2, 0.25) is 0 Å². The average molecular weight is 234 g/mol. The monoisotopic (exact) mass is 234 g/mol. The lowest BCUT2D eigenvalue weighted by molar-refractivity contribution is 0.00578. The van der Waals surface area contributed by atoms with Crippen LogP contribution >= 0.6 is 0 Å². The molecule has 0 amide bonds. The van der Waals surface area contributed by atoms with Gasteiger partial charge in [-0.3, -0.25) is 0 Å². The molecule has 1 fully saturated rings. The zero-order valence-corrected chi connectivity index (χ0v) is 11.7. The van der Waals surface area contributed by atoms with Crippen LogP contribution in [0.1, 0.15) is 53.9 Å². The van der Waals surface area contributed by atoms with Crippen LogP contribution in [0.15, 0.2) is 23.2 Å². The van der Waals surface area contributed by atoms with Gasteiger partial charge in [0.15, 0.2) is 0 Å². The Balaban J connectivity index is 2.21. The molecule has 0 bridgehead atoms. The number of hydrogen-bond acceptors (Lipinski definition) is 2. The summed E-state index contributed by atoms with van der Waals surface area (Å²) in [4.78, 5) is 0. The smallest absolute Gasteiger partial charge is 0.399 e. The SMILES string of the molecule is CCC1=CCCC=C1B1OC(C)(C)C(C)(C)O1. The van der Waals surface area contributed by atoms with Crippen molar-refractivity contribution in [2.45, 2.75) is 65.1 Å². The third-order valence-corrected chi connectivity index (χ3v) is 4.18. The van der Waals surface area contributed by atoms with Gasteiger partial charge in [0.1, 0.15) is 0 Å². The van der Waals surface area contributed by atoms with Crippen molar-refractivity contribution in [2.75, 3.05) is 0 Å². The van der Waals surface area contributed by atoms with E-state index in [0.29, 0.717) is 0 Å². The van der Waals surface area contributed by atoms with E-state index in [-0.39, 0.29) is 18.3 Å². The molecule has 1 saturated heterocycles. The Morgan fingerprint density at radius 1 is 1.06 bits per heavy atom. The highest BCUT2D eigenvalue weighted by Gasteiger charge is 2.52. The Kier molecular flexibility index (Phi) is 3.26. The maximum absolute atomic E-state index is 6.10. The zero-order valence-electron chi connectivity index (χ0n) is 11.7. The van der Waals surface area contributed by atoms with Crippen molar-refractivity contribution in [3.8, 4) is 0 Å². The quantitative estimate of drug-likeness (QED) is 0.678. The highest BCUT2D eigenvalue weighted by Crippen LogP contribution is 2.40. The fraction of sp³-hybridized carbons (Fsp3) is 0.714. The Bertz CT molecular complexity index is 350. The van der Waals surface area contributed by atoms with Gasteiger partial charge in [0.25, 0.3) is 0 Å². The Morgan fingerprint density at radius 3 is 2.12 bits per heavy atom. The molecule has 0 unspecified atom stereocenters. The van der Waals surface area contributed by atoms with Gasteiger partial charge in [-0.05, 0) is 52.4 Å². The second-order valence-electron chi connectivity index (χ2n) is 5.91. The van der Waals surface area contributed by atoms with Gasteiger partial charge in [-0.1, -0.05) is 24.6 Å². The van der Waals surface area contributed by atoms with Crippen LogP contribution < -0.4 is 0 Å². The first-order valence-corrected chi connectivity index (χ1v) is 6.62. The molecule has 0 atom stereocenters. The van der Waals surface area contributed by atoms with E-state index in [4.69, 9.17) is 9.31 Å². The summed E-state index contributed by atoms with van der Waals surface area (Å²) in [6.07, 6.45) is 7.90. The molecule has 0 aromatic rings. The van der Waals surface area contributed by atoms with E-state index >= 15 is 0 Å². The lowest BCUT2D eigenvalue weighted by Gasteiger charge is -2.32. The number of hydrogen-bond donors (Lipinski definition) is 0. The molecule has 2 aliphatic rings. The average Bonchev–Trinajstić information content (AvgIpc) is 2.48. The zero-order chi connectivity index (χ0) is 12.7. The molecule has 0 spiro atoms. The van der Waals surface area contributed by atoms with Gasteiger partial charge in [-0.15, -0.1) is 0 Å². The van der Waals surface area contributed by atoms with E-state index in [0.717, 1.165) is 19.3 Å². The predicted octanol–water partition coefficient (Wildman–Crippen LogP) is 3.67. The first kappa shape index (κ1) is 12.9. The minimum atomic E-state index is -0.241. The fourth-order valence-electron chi connectivity index (χ4n) is 2.31. The van der Waals surface area contributed by atoms with E-state index in [9.17, 15) is 0 Å². The van der Waals surface area contributed by atoms with Gasteiger partial charge in [0.2, 0.25) is 0 Å². The molecule has 0 aromatic carbocycles. The van der Waals surface area contributed by atoms with Crippen molar-refractivity contribution >= 4 is 7.12 Å². The third kappa shape index (κ3) is 2.23. The van der Waals surface area contributed by atoms with E-state index in [1.807, 2.05) is 0 Å². The molecule has 2 rings (SSSR count). The van der Waals surface area contributed by atoms with Crippen molar-refractivity contribution in [2.24, 2.45) is 0 Å². The molecular formula is C14H23BO2. The van der Waals surface area contributed by atoms with Crippen molar-refractivity contribution in [1.29, 1.82) is 0 Å². The van der Waals surface area contributed by atoms with Gasteiger partial charge in [0, 0.05) is 0 Å². The topological polar surface area (TPSA) is 18.5 Å². The summed E-state index contributed by atoms with van der Waals surface area (Å²) in [6.45, 7) is 10.6. The van der Waals surface area contributed by atoms with Crippen LogP contribution in [0.5, 0.6) is 0 Å². The van der Waals surface area contributed by atoms with Crippen LogP contribution in [-0.2, 0) is 9.31 Å². The van der Waals surface area contributed by atoms with Crippen LogP contribution in [0.25, 0.3) is 0 Å². The lowest BCUT2D eigenvalue weighted by Crippen LogP contribution is -2.41. The van der Waals surface area contributed by atoms with Gasteiger partial charge in [-0.25, -0.2) is 0 Å².